The lowest BCUT2D eigenvalue weighted by molar-refractivity contribution is -0.141. The molecule has 1 aromatic heterocycles. The van der Waals surface area contributed by atoms with Crippen molar-refractivity contribution in [3.63, 3.8) is 0 Å². The number of nitrogens with zero attached hydrogens (tertiary/aromatic N) is 4. The second-order valence-electron chi connectivity index (χ2n) is 8.01. The number of carbonyl (C=O) groups excluding carboxylic acids is 2. The smallest absolute Gasteiger partial charge is 0.257 e. The van der Waals surface area contributed by atoms with Crippen LogP contribution in [0, 0.1) is 5.92 Å². The van der Waals surface area contributed by atoms with Gasteiger partial charge in [0.2, 0.25) is 5.91 Å². The van der Waals surface area contributed by atoms with Crippen molar-refractivity contribution >= 4 is 11.8 Å². The average molecular weight is 411 g/mol. The van der Waals surface area contributed by atoms with Crippen LogP contribution in [-0.4, -0.2) is 70.8 Å². The molecule has 0 N–H and O–H groups in total. The minimum Gasteiger partial charge on any atom is -0.378 e. The van der Waals surface area contributed by atoms with Gasteiger partial charge in [-0.2, -0.15) is 5.10 Å². The van der Waals surface area contributed by atoms with E-state index in [-0.39, 0.29) is 17.7 Å². The van der Waals surface area contributed by atoms with Crippen LogP contribution in [0.1, 0.15) is 41.4 Å². The number of likely N-dealkylation sites (tertiary alicyclic amines) is 1. The molecule has 0 atom stereocenters. The van der Waals surface area contributed by atoms with E-state index in [1.54, 1.807) is 6.20 Å². The van der Waals surface area contributed by atoms with E-state index in [4.69, 9.17) is 4.74 Å². The third kappa shape index (κ3) is 4.41. The van der Waals surface area contributed by atoms with Gasteiger partial charge in [0, 0.05) is 32.1 Å². The van der Waals surface area contributed by atoms with Gasteiger partial charge in [0.1, 0.15) is 0 Å². The minimum atomic E-state index is 0.0126. The quantitative estimate of drug-likeness (QED) is 0.758. The van der Waals surface area contributed by atoms with Crippen molar-refractivity contribution in [1.29, 1.82) is 0 Å². The van der Waals surface area contributed by atoms with Gasteiger partial charge in [-0.1, -0.05) is 37.3 Å². The van der Waals surface area contributed by atoms with Crippen molar-refractivity contribution < 1.29 is 14.3 Å². The molecule has 1 aromatic carbocycles. The molecule has 0 aliphatic carbocycles. The molecule has 7 nitrogen and oxygen atoms in total. The predicted molar refractivity (Wildman–Crippen MR) is 113 cm³/mol. The highest BCUT2D eigenvalue weighted by Gasteiger charge is 2.32. The minimum absolute atomic E-state index is 0.0126. The summed E-state index contributed by atoms with van der Waals surface area (Å²) in [6.07, 6.45) is 3.90. The first-order valence-corrected chi connectivity index (χ1v) is 10.9. The summed E-state index contributed by atoms with van der Waals surface area (Å²) in [6.45, 7) is 6.55. The maximum absolute atomic E-state index is 13.2. The topological polar surface area (TPSA) is 67.7 Å². The molecular formula is C23H30N4O3. The predicted octanol–water partition coefficient (Wildman–Crippen LogP) is 2.20. The molecule has 0 spiro atoms. The van der Waals surface area contributed by atoms with E-state index in [1.807, 2.05) is 32.7 Å². The molecule has 7 heteroatoms. The van der Waals surface area contributed by atoms with E-state index in [0.717, 1.165) is 30.5 Å². The summed E-state index contributed by atoms with van der Waals surface area (Å²) in [5, 5.41) is 4.50. The Morgan fingerprint density at radius 3 is 2.40 bits per heavy atom. The lowest BCUT2D eigenvalue weighted by atomic mass is 9.94. The van der Waals surface area contributed by atoms with Crippen molar-refractivity contribution in [2.75, 3.05) is 39.4 Å². The molecule has 160 valence electrons. The second kappa shape index (κ2) is 9.43. The van der Waals surface area contributed by atoms with Crippen LogP contribution in [0.2, 0.25) is 0 Å². The van der Waals surface area contributed by atoms with Gasteiger partial charge >= 0.3 is 0 Å². The number of benzene rings is 1. The normalized spacial score (nSPS) is 17.9. The Kier molecular flexibility index (Phi) is 6.47. The maximum atomic E-state index is 13.2. The van der Waals surface area contributed by atoms with Gasteiger partial charge in [0.05, 0.1) is 37.2 Å². The van der Waals surface area contributed by atoms with Crippen LogP contribution >= 0.6 is 0 Å². The van der Waals surface area contributed by atoms with Crippen LogP contribution < -0.4 is 0 Å². The Balaban J connectivity index is 1.39. The van der Waals surface area contributed by atoms with Gasteiger partial charge in [0.25, 0.3) is 5.91 Å². The molecule has 2 saturated heterocycles. The van der Waals surface area contributed by atoms with E-state index in [9.17, 15) is 9.59 Å². The van der Waals surface area contributed by atoms with E-state index < -0.39 is 0 Å². The highest BCUT2D eigenvalue weighted by molar-refractivity contribution is 5.95. The van der Waals surface area contributed by atoms with E-state index in [1.165, 1.54) is 0 Å². The van der Waals surface area contributed by atoms with Gasteiger partial charge in [-0.3, -0.25) is 14.3 Å². The van der Waals surface area contributed by atoms with Crippen LogP contribution in [0.25, 0.3) is 0 Å². The van der Waals surface area contributed by atoms with Crippen molar-refractivity contribution in [3.8, 4) is 0 Å². The molecule has 0 saturated carbocycles. The van der Waals surface area contributed by atoms with Crippen molar-refractivity contribution in [2.45, 2.75) is 32.7 Å². The Morgan fingerprint density at radius 2 is 1.73 bits per heavy atom. The van der Waals surface area contributed by atoms with Crippen molar-refractivity contribution in [3.05, 3.63) is 53.3 Å². The lowest BCUT2D eigenvalue weighted by Gasteiger charge is -2.35. The Hall–Kier alpha value is -2.67. The van der Waals surface area contributed by atoms with E-state index in [0.29, 0.717) is 51.5 Å². The largest absolute Gasteiger partial charge is 0.378 e. The van der Waals surface area contributed by atoms with Crippen LogP contribution in [-0.2, 0) is 22.5 Å². The summed E-state index contributed by atoms with van der Waals surface area (Å²) in [5.74, 6) is 0.261. The zero-order valence-corrected chi connectivity index (χ0v) is 17.6. The summed E-state index contributed by atoms with van der Waals surface area (Å²) < 4.78 is 7.27. The summed E-state index contributed by atoms with van der Waals surface area (Å²) in [6, 6.07) is 10.2. The molecule has 2 aromatic rings. The van der Waals surface area contributed by atoms with Crippen molar-refractivity contribution in [1.82, 2.24) is 19.6 Å². The Morgan fingerprint density at radius 1 is 1.03 bits per heavy atom. The number of hydrogen-bond acceptors (Lipinski definition) is 4. The van der Waals surface area contributed by atoms with Crippen LogP contribution in [0.5, 0.6) is 0 Å². The fourth-order valence-electron chi connectivity index (χ4n) is 4.40. The van der Waals surface area contributed by atoms with E-state index in [2.05, 4.69) is 24.2 Å². The van der Waals surface area contributed by atoms with E-state index >= 15 is 0 Å². The standard InChI is InChI=1S/C23H30N4O3/c1-2-21-20(16-24-27(21)17-18-6-4-3-5-7-18)23(29)25-10-8-19(9-11-25)22(28)26-12-14-30-15-13-26/h3-7,16,19H,2,8-15,17H2,1H3. The van der Waals surface area contributed by atoms with Crippen LogP contribution in [0.3, 0.4) is 0 Å². The number of aromatic nitrogens is 2. The zero-order chi connectivity index (χ0) is 20.9. The fourth-order valence-corrected chi connectivity index (χ4v) is 4.40. The number of hydrogen-bond donors (Lipinski definition) is 0. The summed E-state index contributed by atoms with van der Waals surface area (Å²) in [5.41, 5.74) is 2.82. The molecule has 3 heterocycles. The maximum Gasteiger partial charge on any atom is 0.257 e. The number of carbonyl (C=O) groups is 2. The molecule has 0 unspecified atom stereocenters. The first-order valence-electron chi connectivity index (χ1n) is 10.9. The molecular weight excluding hydrogens is 380 g/mol. The SMILES string of the molecule is CCc1c(C(=O)N2CCC(C(=O)N3CCOCC3)CC2)cnn1Cc1ccccc1. The molecule has 2 amide bonds. The lowest BCUT2D eigenvalue weighted by Crippen LogP contribution is -2.47. The summed E-state index contributed by atoms with van der Waals surface area (Å²) in [4.78, 5) is 29.7. The highest BCUT2D eigenvalue weighted by Crippen LogP contribution is 2.23. The van der Waals surface area contributed by atoms with Crippen molar-refractivity contribution in [2.24, 2.45) is 5.92 Å². The third-order valence-electron chi connectivity index (χ3n) is 6.14. The summed E-state index contributed by atoms with van der Waals surface area (Å²) >= 11 is 0. The Bertz CT molecular complexity index is 866. The van der Waals surface area contributed by atoms with Gasteiger partial charge in [0.15, 0.2) is 0 Å². The van der Waals surface area contributed by atoms with Crippen LogP contribution in [0.15, 0.2) is 36.5 Å². The molecule has 2 aliphatic rings. The molecule has 0 bridgehead atoms. The number of morpholine rings is 1. The van der Waals surface area contributed by atoms with Gasteiger partial charge in [-0.05, 0) is 24.8 Å². The molecule has 4 rings (SSSR count). The monoisotopic (exact) mass is 410 g/mol. The first-order chi connectivity index (χ1) is 14.7. The molecule has 2 fully saturated rings. The fraction of sp³-hybridized carbons (Fsp3) is 0.522. The van der Waals surface area contributed by atoms with Gasteiger partial charge < -0.3 is 14.5 Å². The first kappa shape index (κ1) is 20.6. The molecule has 0 radical (unpaired) electrons. The van der Waals surface area contributed by atoms with Gasteiger partial charge in [-0.15, -0.1) is 0 Å². The third-order valence-corrected chi connectivity index (χ3v) is 6.14. The number of piperidine rings is 1. The highest BCUT2D eigenvalue weighted by atomic mass is 16.5. The number of rotatable bonds is 5. The zero-order valence-electron chi connectivity index (χ0n) is 17.6. The number of ether oxygens (including phenoxy) is 1. The molecule has 2 aliphatic heterocycles. The second-order valence-corrected chi connectivity index (χ2v) is 8.01. The Labute approximate surface area is 177 Å². The van der Waals surface area contributed by atoms with Gasteiger partial charge in [-0.25, -0.2) is 0 Å². The molecule has 30 heavy (non-hydrogen) atoms. The summed E-state index contributed by atoms with van der Waals surface area (Å²) in [7, 11) is 0. The number of amides is 2. The van der Waals surface area contributed by atoms with Crippen LogP contribution in [0.4, 0.5) is 0 Å². The average Bonchev–Trinajstić information content (AvgIpc) is 3.22.